The summed E-state index contributed by atoms with van der Waals surface area (Å²) in [7, 11) is 0. The van der Waals surface area contributed by atoms with Crippen LogP contribution >= 0.6 is 0 Å². The van der Waals surface area contributed by atoms with Crippen molar-refractivity contribution < 1.29 is 9.59 Å². The molecule has 1 aliphatic rings. The van der Waals surface area contributed by atoms with Gasteiger partial charge in [-0.1, -0.05) is 0 Å². The molecule has 0 bridgehead atoms. The molecule has 0 spiro atoms. The van der Waals surface area contributed by atoms with Crippen molar-refractivity contribution in [2.75, 3.05) is 6.54 Å². The molecule has 0 radical (unpaired) electrons. The van der Waals surface area contributed by atoms with Gasteiger partial charge < -0.3 is 16.4 Å². The van der Waals surface area contributed by atoms with Crippen LogP contribution in [0.2, 0.25) is 0 Å². The lowest BCUT2D eigenvalue weighted by Crippen LogP contribution is -2.40. The van der Waals surface area contributed by atoms with E-state index in [9.17, 15) is 9.59 Å². The van der Waals surface area contributed by atoms with Crippen molar-refractivity contribution in [3.63, 3.8) is 0 Å². The lowest BCUT2D eigenvalue weighted by atomic mass is 10.1. The van der Waals surface area contributed by atoms with E-state index in [4.69, 9.17) is 5.73 Å². The summed E-state index contributed by atoms with van der Waals surface area (Å²) < 4.78 is 0. The van der Waals surface area contributed by atoms with Gasteiger partial charge in [-0.2, -0.15) is 0 Å². The van der Waals surface area contributed by atoms with E-state index in [1.54, 1.807) is 0 Å². The molecule has 4 N–H and O–H groups in total. The average Bonchev–Trinajstić information content (AvgIpc) is 2.12. The Morgan fingerprint density at radius 3 is 3.08 bits per heavy atom. The number of hydrogen-bond acceptors (Lipinski definition) is 2. The first-order valence-electron chi connectivity index (χ1n) is 4.01. The number of nitrogens with one attached hydrogen (secondary N) is 2. The molecule has 3 amide bonds. The van der Waals surface area contributed by atoms with Crippen LogP contribution in [0.15, 0.2) is 0 Å². The van der Waals surface area contributed by atoms with Crippen LogP contribution in [0.3, 0.4) is 0 Å². The van der Waals surface area contributed by atoms with Gasteiger partial charge in [0.25, 0.3) is 0 Å². The Morgan fingerprint density at radius 1 is 1.67 bits per heavy atom. The third-order valence-corrected chi connectivity index (χ3v) is 1.80. The standard InChI is InChI=1S/C7H13N3O2/c8-6(11)4-5-2-1-3-9-7(12)10-5/h5H,1-4H2,(H2,8,11)(H2,9,10,12). The van der Waals surface area contributed by atoms with Gasteiger partial charge in [0.15, 0.2) is 0 Å². The highest BCUT2D eigenvalue weighted by atomic mass is 16.2. The number of urea groups is 1. The Morgan fingerprint density at radius 2 is 2.42 bits per heavy atom. The maximum atomic E-state index is 10.9. The van der Waals surface area contributed by atoms with Crippen LogP contribution in [0.1, 0.15) is 19.3 Å². The summed E-state index contributed by atoms with van der Waals surface area (Å²) in [4.78, 5) is 21.4. The zero-order chi connectivity index (χ0) is 8.97. The summed E-state index contributed by atoms with van der Waals surface area (Å²) in [5.41, 5.74) is 5.01. The average molecular weight is 171 g/mol. The molecule has 1 heterocycles. The first-order chi connectivity index (χ1) is 5.68. The Bertz CT molecular complexity index is 193. The molecule has 1 atom stereocenters. The minimum atomic E-state index is -0.373. The molecule has 1 fully saturated rings. The molecule has 1 aliphatic heterocycles. The van der Waals surface area contributed by atoms with Gasteiger partial charge in [-0.3, -0.25) is 4.79 Å². The van der Waals surface area contributed by atoms with E-state index in [-0.39, 0.29) is 24.4 Å². The van der Waals surface area contributed by atoms with Crippen LogP contribution in [0.5, 0.6) is 0 Å². The predicted octanol–water partition coefficient (Wildman–Crippen LogP) is -0.677. The Balaban J connectivity index is 2.41. The number of nitrogens with two attached hydrogens (primary N) is 1. The van der Waals surface area contributed by atoms with Gasteiger partial charge in [0, 0.05) is 19.0 Å². The van der Waals surface area contributed by atoms with E-state index in [0.717, 1.165) is 12.8 Å². The fraction of sp³-hybridized carbons (Fsp3) is 0.714. The van der Waals surface area contributed by atoms with Crippen LogP contribution in [0, 0.1) is 0 Å². The zero-order valence-corrected chi connectivity index (χ0v) is 6.80. The molecule has 0 aliphatic carbocycles. The number of amides is 3. The van der Waals surface area contributed by atoms with Gasteiger partial charge in [0.2, 0.25) is 5.91 Å². The maximum Gasteiger partial charge on any atom is 0.315 e. The highest BCUT2D eigenvalue weighted by molar-refractivity contribution is 5.77. The summed E-state index contributed by atoms with van der Waals surface area (Å²) in [6.07, 6.45) is 1.92. The largest absolute Gasteiger partial charge is 0.370 e. The molecule has 68 valence electrons. The molecule has 12 heavy (non-hydrogen) atoms. The summed E-state index contributed by atoms with van der Waals surface area (Å²) in [6, 6.07) is -0.302. The van der Waals surface area contributed by atoms with E-state index in [1.165, 1.54) is 0 Å². The number of hydrogen-bond donors (Lipinski definition) is 3. The van der Waals surface area contributed by atoms with Gasteiger partial charge in [0.1, 0.15) is 0 Å². The van der Waals surface area contributed by atoms with Crippen molar-refractivity contribution in [2.24, 2.45) is 5.73 Å². The SMILES string of the molecule is NC(=O)CC1CCCNC(=O)N1. The summed E-state index contributed by atoms with van der Waals surface area (Å²) in [6.45, 7) is 0.668. The lowest BCUT2D eigenvalue weighted by Gasteiger charge is -2.12. The molecular weight excluding hydrogens is 158 g/mol. The molecule has 5 heteroatoms. The van der Waals surface area contributed by atoms with Crippen molar-refractivity contribution in [2.45, 2.75) is 25.3 Å². The van der Waals surface area contributed by atoms with E-state index < -0.39 is 0 Å². The van der Waals surface area contributed by atoms with E-state index in [2.05, 4.69) is 10.6 Å². The quantitative estimate of drug-likeness (QED) is 0.514. The number of carbonyl (C=O) groups excluding carboxylic acids is 2. The van der Waals surface area contributed by atoms with E-state index >= 15 is 0 Å². The van der Waals surface area contributed by atoms with Crippen molar-refractivity contribution in [1.82, 2.24) is 10.6 Å². The molecular formula is C7H13N3O2. The molecule has 5 nitrogen and oxygen atoms in total. The highest BCUT2D eigenvalue weighted by Gasteiger charge is 2.16. The monoisotopic (exact) mass is 171 g/mol. The van der Waals surface area contributed by atoms with Crippen molar-refractivity contribution in [3.8, 4) is 0 Å². The van der Waals surface area contributed by atoms with Crippen LogP contribution in [0.25, 0.3) is 0 Å². The molecule has 0 aromatic rings. The van der Waals surface area contributed by atoms with E-state index in [0.29, 0.717) is 6.54 Å². The Kier molecular flexibility index (Phi) is 2.90. The number of primary amides is 1. The molecule has 1 saturated heterocycles. The van der Waals surface area contributed by atoms with E-state index in [1.807, 2.05) is 0 Å². The Labute approximate surface area is 70.7 Å². The summed E-state index contributed by atoms with van der Waals surface area (Å²) >= 11 is 0. The second-order valence-corrected chi connectivity index (χ2v) is 2.91. The Hall–Kier alpha value is -1.26. The second-order valence-electron chi connectivity index (χ2n) is 2.91. The van der Waals surface area contributed by atoms with Crippen molar-refractivity contribution in [1.29, 1.82) is 0 Å². The van der Waals surface area contributed by atoms with Crippen LogP contribution in [0.4, 0.5) is 4.79 Å². The second kappa shape index (κ2) is 3.94. The summed E-state index contributed by atoms with van der Waals surface area (Å²) in [5, 5.41) is 5.30. The molecule has 0 aromatic carbocycles. The summed E-state index contributed by atoms with van der Waals surface area (Å²) in [5.74, 6) is -0.373. The van der Waals surface area contributed by atoms with Gasteiger partial charge >= 0.3 is 6.03 Å². The first-order valence-corrected chi connectivity index (χ1v) is 4.01. The van der Waals surface area contributed by atoms with Crippen LogP contribution in [-0.4, -0.2) is 24.5 Å². The van der Waals surface area contributed by atoms with Gasteiger partial charge in [0.05, 0.1) is 0 Å². The van der Waals surface area contributed by atoms with Gasteiger partial charge in [-0.25, -0.2) is 4.79 Å². The van der Waals surface area contributed by atoms with Crippen LogP contribution < -0.4 is 16.4 Å². The maximum absolute atomic E-state index is 10.9. The molecule has 1 unspecified atom stereocenters. The van der Waals surface area contributed by atoms with Crippen LogP contribution in [-0.2, 0) is 4.79 Å². The molecule has 0 saturated carbocycles. The number of rotatable bonds is 2. The lowest BCUT2D eigenvalue weighted by molar-refractivity contribution is -0.118. The van der Waals surface area contributed by atoms with Crippen molar-refractivity contribution in [3.05, 3.63) is 0 Å². The topological polar surface area (TPSA) is 84.2 Å². The minimum Gasteiger partial charge on any atom is -0.370 e. The van der Waals surface area contributed by atoms with Gasteiger partial charge in [-0.15, -0.1) is 0 Å². The zero-order valence-electron chi connectivity index (χ0n) is 6.80. The predicted molar refractivity (Wildman–Crippen MR) is 43.4 cm³/mol. The number of carbonyl (C=O) groups is 2. The minimum absolute atomic E-state index is 0.0926. The van der Waals surface area contributed by atoms with Gasteiger partial charge in [-0.05, 0) is 12.8 Å². The molecule has 0 aromatic heterocycles. The highest BCUT2D eigenvalue weighted by Crippen LogP contribution is 2.03. The fourth-order valence-corrected chi connectivity index (χ4v) is 1.25. The fourth-order valence-electron chi connectivity index (χ4n) is 1.25. The normalized spacial score (nSPS) is 23.7. The third kappa shape index (κ3) is 2.77. The van der Waals surface area contributed by atoms with Crippen molar-refractivity contribution >= 4 is 11.9 Å². The first kappa shape index (κ1) is 8.83. The smallest absolute Gasteiger partial charge is 0.315 e. The third-order valence-electron chi connectivity index (χ3n) is 1.80. The molecule has 1 rings (SSSR count).